The Morgan fingerprint density at radius 3 is 3.13 bits per heavy atom. The van der Waals surface area contributed by atoms with Gasteiger partial charge in [0.1, 0.15) is 0 Å². The molecule has 0 bridgehead atoms. The first-order valence-corrected chi connectivity index (χ1v) is 5.21. The third-order valence-electron chi connectivity index (χ3n) is 1.47. The highest BCUT2D eigenvalue weighted by Gasteiger charge is 2.06. The minimum atomic E-state index is -0.220. The van der Waals surface area contributed by atoms with Gasteiger partial charge in [-0.05, 0) is 6.92 Å². The Bertz CT molecular complexity index is 324. The van der Waals surface area contributed by atoms with Crippen molar-refractivity contribution < 1.29 is 9.53 Å². The van der Waals surface area contributed by atoms with Crippen LogP contribution in [0.25, 0.3) is 0 Å². The van der Waals surface area contributed by atoms with E-state index in [0.717, 1.165) is 17.3 Å². The summed E-state index contributed by atoms with van der Waals surface area (Å²) in [5.41, 5.74) is 1.31. The lowest BCUT2D eigenvalue weighted by atomic mass is 10.4. The first-order valence-electron chi connectivity index (χ1n) is 4.48. The number of hydrogen-bond acceptors (Lipinski definition) is 5. The summed E-state index contributed by atoms with van der Waals surface area (Å²) in [6.45, 7) is 7.04. The first-order chi connectivity index (χ1) is 7.20. The summed E-state index contributed by atoms with van der Waals surface area (Å²) >= 11 is 1.01. The van der Waals surface area contributed by atoms with Crippen molar-refractivity contribution in [1.82, 2.24) is 14.1 Å². The summed E-state index contributed by atoms with van der Waals surface area (Å²) in [7, 11) is 0. The van der Waals surface area contributed by atoms with Crippen molar-refractivity contribution in [2.45, 2.75) is 6.92 Å². The second-order valence-corrected chi connectivity index (χ2v) is 3.61. The second-order valence-electron chi connectivity index (χ2n) is 3.06. The standard InChI is InChI=1S/C9H13N3O2S/c1-7(2)6-14-4-3-10-9(13)8-5-11-15-12-8/h5H,1,3-4,6H2,2H3,(H,10,13). The maximum absolute atomic E-state index is 11.3. The molecular formula is C9H13N3O2S. The SMILES string of the molecule is C=C(C)COCCNC(=O)c1cnsn1. The van der Waals surface area contributed by atoms with E-state index in [2.05, 4.69) is 20.6 Å². The van der Waals surface area contributed by atoms with Crippen LogP contribution in [0.5, 0.6) is 0 Å². The molecule has 82 valence electrons. The van der Waals surface area contributed by atoms with Crippen molar-refractivity contribution in [2.24, 2.45) is 0 Å². The molecule has 0 aliphatic rings. The van der Waals surface area contributed by atoms with Gasteiger partial charge in [-0.3, -0.25) is 4.79 Å². The van der Waals surface area contributed by atoms with E-state index in [-0.39, 0.29) is 5.91 Å². The van der Waals surface area contributed by atoms with Gasteiger partial charge in [-0.25, -0.2) is 0 Å². The number of carbonyl (C=O) groups excluding carboxylic acids is 1. The Kier molecular flexibility index (Phi) is 4.92. The minimum Gasteiger partial charge on any atom is -0.375 e. The van der Waals surface area contributed by atoms with Crippen molar-refractivity contribution in [1.29, 1.82) is 0 Å². The zero-order valence-electron chi connectivity index (χ0n) is 8.52. The monoisotopic (exact) mass is 227 g/mol. The fourth-order valence-corrected chi connectivity index (χ4v) is 1.25. The number of ether oxygens (including phenoxy) is 1. The zero-order chi connectivity index (χ0) is 11.1. The highest BCUT2D eigenvalue weighted by molar-refractivity contribution is 6.99. The Hall–Kier alpha value is -1.27. The average Bonchev–Trinajstić information content (AvgIpc) is 2.69. The third kappa shape index (κ3) is 4.66. The molecule has 15 heavy (non-hydrogen) atoms. The number of hydrogen-bond donors (Lipinski definition) is 1. The Morgan fingerprint density at radius 2 is 2.53 bits per heavy atom. The molecule has 1 amide bonds. The van der Waals surface area contributed by atoms with Crippen molar-refractivity contribution in [3.63, 3.8) is 0 Å². The summed E-state index contributed by atoms with van der Waals surface area (Å²) in [5, 5.41) is 2.67. The highest BCUT2D eigenvalue weighted by atomic mass is 32.1. The van der Waals surface area contributed by atoms with Crippen LogP contribution in [0.1, 0.15) is 17.4 Å². The molecule has 0 fully saturated rings. The van der Waals surface area contributed by atoms with Gasteiger partial charge in [0.05, 0.1) is 31.1 Å². The summed E-state index contributed by atoms with van der Waals surface area (Å²) in [5.74, 6) is -0.220. The molecule has 1 heterocycles. The second kappa shape index (κ2) is 6.26. The quantitative estimate of drug-likeness (QED) is 0.578. The van der Waals surface area contributed by atoms with Gasteiger partial charge in [-0.2, -0.15) is 8.75 Å². The molecule has 0 atom stereocenters. The Labute approximate surface area is 92.5 Å². The van der Waals surface area contributed by atoms with Crippen LogP contribution in [0.15, 0.2) is 18.3 Å². The van der Waals surface area contributed by atoms with E-state index in [1.54, 1.807) is 0 Å². The molecule has 0 radical (unpaired) electrons. The van der Waals surface area contributed by atoms with Gasteiger partial charge in [-0.1, -0.05) is 12.2 Å². The maximum Gasteiger partial charge on any atom is 0.272 e. The van der Waals surface area contributed by atoms with Gasteiger partial charge in [0, 0.05) is 6.54 Å². The van der Waals surface area contributed by atoms with Crippen LogP contribution in [0.3, 0.4) is 0 Å². The van der Waals surface area contributed by atoms with Gasteiger partial charge >= 0.3 is 0 Å². The van der Waals surface area contributed by atoms with Crippen LogP contribution in [0.2, 0.25) is 0 Å². The number of carbonyl (C=O) groups is 1. The summed E-state index contributed by atoms with van der Waals surface area (Å²) in [4.78, 5) is 11.3. The number of nitrogens with one attached hydrogen (secondary N) is 1. The molecule has 0 spiro atoms. The maximum atomic E-state index is 11.3. The van der Waals surface area contributed by atoms with E-state index in [1.807, 2.05) is 6.92 Å². The van der Waals surface area contributed by atoms with Crippen LogP contribution in [-0.4, -0.2) is 34.4 Å². The van der Waals surface area contributed by atoms with E-state index in [9.17, 15) is 4.79 Å². The van der Waals surface area contributed by atoms with Crippen molar-refractivity contribution in [2.75, 3.05) is 19.8 Å². The van der Waals surface area contributed by atoms with Crippen LogP contribution in [-0.2, 0) is 4.74 Å². The molecule has 1 rings (SSSR count). The van der Waals surface area contributed by atoms with E-state index in [0.29, 0.717) is 25.5 Å². The van der Waals surface area contributed by atoms with Gasteiger partial charge in [-0.15, -0.1) is 0 Å². The molecule has 0 unspecified atom stereocenters. The zero-order valence-corrected chi connectivity index (χ0v) is 9.34. The van der Waals surface area contributed by atoms with Crippen molar-refractivity contribution in [3.8, 4) is 0 Å². The van der Waals surface area contributed by atoms with E-state index < -0.39 is 0 Å². The number of rotatable bonds is 6. The first kappa shape index (κ1) is 11.8. The molecule has 1 aromatic heterocycles. The fourth-order valence-electron chi connectivity index (χ4n) is 0.838. The predicted octanol–water partition coefficient (Wildman–Crippen LogP) is 0.861. The smallest absolute Gasteiger partial charge is 0.272 e. The molecule has 5 nitrogen and oxygen atoms in total. The molecular weight excluding hydrogens is 214 g/mol. The van der Waals surface area contributed by atoms with Gasteiger partial charge in [0.15, 0.2) is 5.69 Å². The summed E-state index contributed by atoms with van der Waals surface area (Å²) in [6, 6.07) is 0. The molecule has 1 N–H and O–H groups in total. The Morgan fingerprint density at radius 1 is 1.73 bits per heavy atom. The van der Waals surface area contributed by atoms with E-state index in [4.69, 9.17) is 4.74 Å². The molecule has 0 saturated heterocycles. The normalized spacial score (nSPS) is 9.93. The molecule has 0 aliphatic heterocycles. The molecule has 0 aromatic carbocycles. The molecule has 6 heteroatoms. The third-order valence-corrected chi connectivity index (χ3v) is 1.95. The van der Waals surface area contributed by atoms with Gasteiger partial charge in [0.25, 0.3) is 5.91 Å². The van der Waals surface area contributed by atoms with Crippen molar-refractivity contribution >= 4 is 17.6 Å². The number of nitrogens with zero attached hydrogens (tertiary/aromatic N) is 2. The Balaban J connectivity index is 2.10. The predicted molar refractivity (Wildman–Crippen MR) is 57.9 cm³/mol. The van der Waals surface area contributed by atoms with E-state index >= 15 is 0 Å². The van der Waals surface area contributed by atoms with Crippen LogP contribution in [0.4, 0.5) is 0 Å². The van der Waals surface area contributed by atoms with Crippen LogP contribution >= 0.6 is 11.7 Å². The lowest BCUT2D eigenvalue weighted by molar-refractivity contribution is 0.0923. The van der Waals surface area contributed by atoms with Gasteiger partial charge < -0.3 is 10.1 Å². The topological polar surface area (TPSA) is 64.1 Å². The fraction of sp³-hybridized carbons (Fsp3) is 0.444. The lowest BCUT2D eigenvalue weighted by Crippen LogP contribution is -2.27. The highest BCUT2D eigenvalue weighted by Crippen LogP contribution is 1.94. The van der Waals surface area contributed by atoms with Crippen LogP contribution in [0, 0.1) is 0 Å². The lowest BCUT2D eigenvalue weighted by Gasteiger charge is -2.04. The molecule has 0 aliphatic carbocycles. The average molecular weight is 227 g/mol. The van der Waals surface area contributed by atoms with Crippen molar-refractivity contribution in [3.05, 3.63) is 24.0 Å². The summed E-state index contributed by atoms with van der Waals surface area (Å²) < 4.78 is 12.8. The number of amides is 1. The largest absolute Gasteiger partial charge is 0.375 e. The molecule has 0 saturated carbocycles. The summed E-state index contributed by atoms with van der Waals surface area (Å²) in [6.07, 6.45) is 1.44. The van der Waals surface area contributed by atoms with Gasteiger partial charge in [0.2, 0.25) is 0 Å². The molecule has 1 aromatic rings. The van der Waals surface area contributed by atoms with Crippen LogP contribution < -0.4 is 5.32 Å². The minimum absolute atomic E-state index is 0.220. The number of aromatic nitrogens is 2. The van der Waals surface area contributed by atoms with E-state index in [1.165, 1.54) is 6.20 Å².